The van der Waals surface area contributed by atoms with Crippen LogP contribution in [0.25, 0.3) is 0 Å². The lowest BCUT2D eigenvalue weighted by atomic mass is 10.2. The molecule has 1 heterocycles. The van der Waals surface area contributed by atoms with Gasteiger partial charge in [-0.05, 0) is 18.2 Å². The number of nitrogens with zero attached hydrogens (tertiary/aromatic N) is 1. The van der Waals surface area contributed by atoms with E-state index in [-0.39, 0.29) is 0 Å². The number of rotatable bonds is 1. The lowest BCUT2D eigenvalue weighted by Crippen LogP contribution is -2.57. The Morgan fingerprint density at radius 3 is 2.39 bits per heavy atom. The van der Waals surface area contributed by atoms with Crippen LogP contribution in [-0.4, -0.2) is 21.3 Å². The Balaban J connectivity index is 2.14. The van der Waals surface area contributed by atoms with Gasteiger partial charge >= 0.3 is 0 Å². The van der Waals surface area contributed by atoms with Gasteiger partial charge in [0.25, 0.3) is 0 Å². The third-order valence-corrected chi connectivity index (χ3v) is 8.48. The van der Waals surface area contributed by atoms with Crippen molar-refractivity contribution in [2.24, 2.45) is 0 Å². The molecule has 1 nitrogen and oxygen atoms in total. The average Bonchev–Trinajstić information content (AvgIpc) is 2.64. The van der Waals surface area contributed by atoms with Gasteiger partial charge in [0.1, 0.15) is 8.07 Å². The second-order valence-electron chi connectivity index (χ2n) is 5.57. The van der Waals surface area contributed by atoms with Crippen LogP contribution in [0.2, 0.25) is 6.55 Å². The molecule has 92 valence electrons. The Bertz CT molecular complexity index is 576. The molecule has 18 heavy (non-hydrogen) atoms. The molecule has 0 spiro atoms. The number of fused-ring (bicyclic) bond motifs is 1. The van der Waals surface area contributed by atoms with E-state index in [4.69, 9.17) is 0 Å². The van der Waals surface area contributed by atoms with Crippen LogP contribution in [0.5, 0.6) is 0 Å². The molecule has 0 aromatic heterocycles. The summed E-state index contributed by atoms with van der Waals surface area (Å²) >= 11 is 0. The standard InChI is InChI=1S/C16H19NSi/c1-13-8-10-14(11-9-13)18(3)12-17(2)15-6-4-5-7-16(15)18/h4-11H,12H2,1-3H3. The van der Waals surface area contributed by atoms with Crippen molar-refractivity contribution in [1.29, 1.82) is 0 Å². The van der Waals surface area contributed by atoms with E-state index in [1.807, 2.05) is 0 Å². The molecule has 1 aliphatic heterocycles. The first kappa shape index (κ1) is 11.5. The number of anilines is 1. The summed E-state index contributed by atoms with van der Waals surface area (Å²) in [6.07, 6.45) is 1.19. The fraction of sp³-hybridized carbons (Fsp3) is 0.250. The molecule has 0 N–H and O–H groups in total. The van der Waals surface area contributed by atoms with Crippen molar-refractivity contribution in [1.82, 2.24) is 0 Å². The van der Waals surface area contributed by atoms with Gasteiger partial charge in [-0.2, -0.15) is 0 Å². The Morgan fingerprint density at radius 1 is 1.00 bits per heavy atom. The molecule has 3 rings (SSSR count). The third kappa shape index (κ3) is 1.60. The maximum Gasteiger partial charge on any atom is 0.137 e. The normalized spacial score (nSPS) is 22.1. The summed E-state index contributed by atoms with van der Waals surface area (Å²) in [5, 5.41) is 3.13. The van der Waals surface area contributed by atoms with Crippen LogP contribution in [0.1, 0.15) is 5.56 Å². The number of benzene rings is 2. The molecule has 0 saturated carbocycles. The molecule has 2 aromatic rings. The largest absolute Gasteiger partial charge is 0.377 e. The van der Waals surface area contributed by atoms with Gasteiger partial charge in [-0.15, -0.1) is 0 Å². The van der Waals surface area contributed by atoms with E-state index in [1.54, 1.807) is 10.4 Å². The van der Waals surface area contributed by atoms with Gasteiger partial charge in [-0.3, -0.25) is 0 Å². The quantitative estimate of drug-likeness (QED) is 0.704. The molecule has 0 amide bonds. The van der Waals surface area contributed by atoms with Crippen LogP contribution in [-0.2, 0) is 0 Å². The van der Waals surface area contributed by atoms with Gasteiger partial charge in [0.15, 0.2) is 0 Å². The van der Waals surface area contributed by atoms with E-state index in [0.717, 1.165) is 0 Å². The van der Waals surface area contributed by atoms with Gasteiger partial charge in [0.05, 0.1) is 0 Å². The van der Waals surface area contributed by atoms with Crippen LogP contribution >= 0.6 is 0 Å². The van der Waals surface area contributed by atoms with Crippen LogP contribution in [0.15, 0.2) is 48.5 Å². The van der Waals surface area contributed by atoms with Crippen molar-refractivity contribution in [2.45, 2.75) is 13.5 Å². The second kappa shape index (κ2) is 3.99. The van der Waals surface area contributed by atoms with Crippen molar-refractivity contribution in [3.05, 3.63) is 54.1 Å². The highest BCUT2D eigenvalue weighted by Gasteiger charge is 2.40. The zero-order valence-corrected chi connectivity index (χ0v) is 12.3. The van der Waals surface area contributed by atoms with Gasteiger partial charge in [-0.1, -0.05) is 59.8 Å². The SMILES string of the molecule is Cc1ccc([Si]2(C)CN(C)c3ccccc32)cc1. The zero-order chi connectivity index (χ0) is 12.8. The molecule has 2 aromatic carbocycles. The highest BCUT2D eigenvalue weighted by molar-refractivity contribution is 7.03. The molecular weight excluding hydrogens is 234 g/mol. The smallest absolute Gasteiger partial charge is 0.137 e. The van der Waals surface area contributed by atoms with E-state index in [2.05, 4.69) is 73.9 Å². The Kier molecular flexibility index (Phi) is 2.56. The van der Waals surface area contributed by atoms with E-state index in [9.17, 15) is 0 Å². The molecule has 0 radical (unpaired) electrons. The molecule has 0 fully saturated rings. The maximum absolute atomic E-state index is 2.49. The maximum atomic E-state index is 2.49. The molecule has 1 atom stereocenters. The highest BCUT2D eigenvalue weighted by atomic mass is 28.3. The van der Waals surface area contributed by atoms with Crippen molar-refractivity contribution < 1.29 is 0 Å². The molecule has 1 aliphatic rings. The number of hydrogen-bond donors (Lipinski definition) is 0. The molecule has 0 bridgehead atoms. The summed E-state index contributed by atoms with van der Waals surface area (Å²) in [6, 6.07) is 18.0. The summed E-state index contributed by atoms with van der Waals surface area (Å²) in [5.41, 5.74) is 2.77. The van der Waals surface area contributed by atoms with Crippen LogP contribution in [0.3, 0.4) is 0 Å². The summed E-state index contributed by atoms with van der Waals surface area (Å²) < 4.78 is 0. The van der Waals surface area contributed by atoms with E-state index < -0.39 is 8.07 Å². The summed E-state index contributed by atoms with van der Waals surface area (Å²) in [4.78, 5) is 2.42. The van der Waals surface area contributed by atoms with Crippen molar-refractivity contribution in [3.8, 4) is 0 Å². The molecular formula is C16H19NSi. The first-order valence-electron chi connectivity index (χ1n) is 6.49. The Morgan fingerprint density at radius 2 is 1.67 bits per heavy atom. The minimum atomic E-state index is -1.54. The Hall–Kier alpha value is -1.54. The first-order chi connectivity index (χ1) is 8.61. The van der Waals surface area contributed by atoms with Gasteiger partial charge in [0.2, 0.25) is 0 Å². The predicted molar refractivity (Wildman–Crippen MR) is 81.8 cm³/mol. The average molecular weight is 253 g/mol. The molecule has 0 saturated heterocycles. The van der Waals surface area contributed by atoms with Gasteiger partial charge in [-0.25, -0.2) is 0 Å². The van der Waals surface area contributed by atoms with Crippen LogP contribution in [0, 0.1) is 6.92 Å². The Labute approximate surface area is 110 Å². The van der Waals surface area contributed by atoms with E-state index in [1.165, 1.54) is 17.4 Å². The topological polar surface area (TPSA) is 3.24 Å². The predicted octanol–water partition coefficient (Wildman–Crippen LogP) is 2.18. The lowest BCUT2D eigenvalue weighted by molar-refractivity contribution is 1.10. The number of hydrogen-bond acceptors (Lipinski definition) is 1. The number of aryl methyl sites for hydroxylation is 1. The van der Waals surface area contributed by atoms with Gasteiger partial charge < -0.3 is 4.90 Å². The van der Waals surface area contributed by atoms with Crippen molar-refractivity contribution in [3.63, 3.8) is 0 Å². The first-order valence-corrected chi connectivity index (χ1v) is 9.20. The molecule has 2 heteroatoms. The monoisotopic (exact) mass is 253 g/mol. The summed E-state index contributed by atoms with van der Waals surface area (Å²) in [5.74, 6) is 0. The lowest BCUT2D eigenvalue weighted by Gasteiger charge is -2.23. The minimum Gasteiger partial charge on any atom is -0.377 e. The van der Waals surface area contributed by atoms with Crippen LogP contribution in [0.4, 0.5) is 5.69 Å². The van der Waals surface area contributed by atoms with Crippen LogP contribution < -0.4 is 15.3 Å². The molecule has 0 aliphatic carbocycles. The van der Waals surface area contributed by atoms with Crippen molar-refractivity contribution >= 4 is 24.1 Å². The summed E-state index contributed by atoms with van der Waals surface area (Å²) in [6.45, 7) is 4.64. The number of para-hydroxylation sites is 1. The highest BCUT2D eigenvalue weighted by Crippen LogP contribution is 2.23. The van der Waals surface area contributed by atoms with Gasteiger partial charge in [0, 0.05) is 18.9 Å². The fourth-order valence-corrected chi connectivity index (χ4v) is 7.07. The van der Waals surface area contributed by atoms with E-state index >= 15 is 0 Å². The summed E-state index contributed by atoms with van der Waals surface area (Å²) in [7, 11) is 0.670. The second-order valence-corrected chi connectivity index (χ2v) is 9.67. The van der Waals surface area contributed by atoms with Crippen molar-refractivity contribution in [2.75, 3.05) is 18.1 Å². The fourth-order valence-electron chi connectivity index (χ4n) is 3.09. The zero-order valence-electron chi connectivity index (χ0n) is 11.3. The van der Waals surface area contributed by atoms with E-state index in [0.29, 0.717) is 0 Å². The minimum absolute atomic E-state index is 1.19. The molecule has 1 unspecified atom stereocenters. The third-order valence-electron chi connectivity index (χ3n) is 4.15.